The fourth-order valence-corrected chi connectivity index (χ4v) is 1.36. The predicted octanol–water partition coefficient (Wildman–Crippen LogP) is 0.905. The number of pyridine rings is 1. The molecule has 0 aliphatic rings. The Morgan fingerprint density at radius 1 is 1.62 bits per heavy atom. The van der Waals surface area contributed by atoms with Gasteiger partial charge in [0.2, 0.25) is 0 Å². The zero-order valence-corrected chi connectivity index (χ0v) is 9.64. The second kappa shape index (κ2) is 4.94. The predicted molar refractivity (Wildman–Crippen MR) is 60.9 cm³/mol. The van der Waals surface area contributed by atoms with Gasteiger partial charge in [-0.05, 0) is 19.9 Å². The van der Waals surface area contributed by atoms with E-state index in [0.717, 1.165) is 5.69 Å². The van der Waals surface area contributed by atoms with E-state index in [1.54, 1.807) is 24.9 Å². The summed E-state index contributed by atoms with van der Waals surface area (Å²) in [6.07, 6.45) is 1.34. The lowest BCUT2D eigenvalue weighted by molar-refractivity contribution is 0.0697. The van der Waals surface area contributed by atoms with Crippen molar-refractivity contribution in [1.29, 1.82) is 0 Å². The van der Waals surface area contributed by atoms with Crippen molar-refractivity contribution in [2.75, 3.05) is 18.6 Å². The molecule has 1 aromatic rings. The number of aromatic carboxylic acids is 1. The molecule has 1 heterocycles. The maximum absolute atomic E-state index is 11.0. The third-order valence-electron chi connectivity index (χ3n) is 2.55. The number of aliphatic hydroxyl groups is 1. The Labute approximate surface area is 94.4 Å². The summed E-state index contributed by atoms with van der Waals surface area (Å²) >= 11 is 0. The van der Waals surface area contributed by atoms with Crippen molar-refractivity contribution in [3.8, 4) is 0 Å². The van der Waals surface area contributed by atoms with Gasteiger partial charge in [-0.2, -0.15) is 0 Å². The zero-order valence-electron chi connectivity index (χ0n) is 9.64. The fraction of sp³-hybridized carbons (Fsp3) is 0.455. The van der Waals surface area contributed by atoms with Crippen LogP contribution in [-0.2, 0) is 0 Å². The van der Waals surface area contributed by atoms with Gasteiger partial charge in [0, 0.05) is 25.0 Å². The van der Waals surface area contributed by atoms with Crippen LogP contribution >= 0.6 is 0 Å². The minimum Gasteiger partial charge on any atom is -0.478 e. The van der Waals surface area contributed by atoms with E-state index >= 15 is 0 Å². The van der Waals surface area contributed by atoms with Crippen molar-refractivity contribution in [2.24, 2.45) is 0 Å². The van der Waals surface area contributed by atoms with Gasteiger partial charge in [0.25, 0.3) is 0 Å². The van der Waals surface area contributed by atoms with Crippen molar-refractivity contribution >= 4 is 11.7 Å². The Hall–Kier alpha value is -1.62. The van der Waals surface area contributed by atoms with Crippen molar-refractivity contribution in [3.05, 3.63) is 23.5 Å². The Morgan fingerprint density at radius 2 is 2.25 bits per heavy atom. The normalized spacial score (nSPS) is 12.2. The smallest absolute Gasteiger partial charge is 0.339 e. The lowest BCUT2D eigenvalue weighted by atomic mass is 10.1. The average molecular weight is 224 g/mol. The number of carbonyl (C=O) groups is 1. The number of aromatic nitrogens is 1. The molecule has 88 valence electrons. The molecular weight excluding hydrogens is 208 g/mol. The number of likely N-dealkylation sites (N-methyl/N-ethyl adjacent to an activating group) is 1. The van der Waals surface area contributed by atoms with Crippen LogP contribution in [-0.4, -0.2) is 40.9 Å². The molecule has 5 nitrogen and oxygen atoms in total. The molecule has 1 aromatic heterocycles. The number of anilines is 1. The van der Waals surface area contributed by atoms with Gasteiger partial charge in [0.05, 0.1) is 12.3 Å². The van der Waals surface area contributed by atoms with Gasteiger partial charge < -0.3 is 15.1 Å². The average Bonchev–Trinajstić information content (AvgIpc) is 2.26. The Balaban J connectivity index is 3.19. The van der Waals surface area contributed by atoms with Gasteiger partial charge >= 0.3 is 5.97 Å². The summed E-state index contributed by atoms with van der Waals surface area (Å²) in [5.74, 6) is -1.01. The lowest BCUT2D eigenvalue weighted by Crippen LogP contribution is -2.33. The van der Waals surface area contributed by atoms with Gasteiger partial charge in [-0.1, -0.05) is 0 Å². The zero-order chi connectivity index (χ0) is 12.3. The first-order chi connectivity index (χ1) is 7.47. The van der Waals surface area contributed by atoms with E-state index in [1.165, 1.54) is 6.20 Å². The van der Waals surface area contributed by atoms with Crippen molar-refractivity contribution in [2.45, 2.75) is 19.9 Å². The van der Waals surface area contributed by atoms with Crippen LogP contribution in [0.2, 0.25) is 0 Å². The van der Waals surface area contributed by atoms with E-state index in [4.69, 9.17) is 10.2 Å². The fourth-order valence-electron chi connectivity index (χ4n) is 1.36. The van der Waals surface area contributed by atoms with Gasteiger partial charge in [-0.15, -0.1) is 0 Å². The molecule has 0 amide bonds. The Morgan fingerprint density at radius 3 is 2.75 bits per heavy atom. The van der Waals surface area contributed by atoms with E-state index in [-0.39, 0.29) is 18.2 Å². The number of hydrogen-bond donors (Lipinski definition) is 2. The molecule has 0 aromatic carbocycles. The van der Waals surface area contributed by atoms with E-state index < -0.39 is 5.97 Å². The van der Waals surface area contributed by atoms with Crippen molar-refractivity contribution in [3.63, 3.8) is 0 Å². The van der Waals surface area contributed by atoms with Crippen LogP contribution in [0.15, 0.2) is 12.3 Å². The van der Waals surface area contributed by atoms with Crippen molar-refractivity contribution in [1.82, 2.24) is 4.98 Å². The maximum atomic E-state index is 11.0. The number of aliphatic hydroxyl groups excluding tert-OH is 1. The summed E-state index contributed by atoms with van der Waals surface area (Å²) in [7, 11) is 1.75. The first-order valence-corrected chi connectivity index (χ1v) is 5.01. The monoisotopic (exact) mass is 224 g/mol. The molecule has 0 aliphatic heterocycles. The lowest BCUT2D eigenvalue weighted by Gasteiger charge is -2.26. The van der Waals surface area contributed by atoms with E-state index in [2.05, 4.69) is 4.98 Å². The largest absolute Gasteiger partial charge is 0.478 e. The summed E-state index contributed by atoms with van der Waals surface area (Å²) in [5, 5.41) is 18.1. The standard InChI is InChI=1S/C11H16N2O3/c1-7-4-10(13(3)8(2)6-14)9(5-12-7)11(15)16/h4-5,8,14H,6H2,1-3H3,(H,15,16). The quantitative estimate of drug-likeness (QED) is 0.795. The van der Waals surface area contributed by atoms with Crippen LogP contribution in [0.1, 0.15) is 23.0 Å². The topological polar surface area (TPSA) is 73.7 Å². The second-order valence-corrected chi connectivity index (χ2v) is 3.79. The Bertz CT molecular complexity index is 393. The van der Waals surface area contributed by atoms with Crippen LogP contribution in [0.5, 0.6) is 0 Å². The molecule has 2 N–H and O–H groups in total. The van der Waals surface area contributed by atoms with Crippen LogP contribution in [0.25, 0.3) is 0 Å². The summed E-state index contributed by atoms with van der Waals surface area (Å²) in [4.78, 5) is 16.7. The minimum atomic E-state index is -1.01. The third-order valence-corrected chi connectivity index (χ3v) is 2.55. The first-order valence-electron chi connectivity index (χ1n) is 5.01. The molecule has 0 spiro atoms. The SMILES string of the molecule is Cc1cc(N(C)C(C)CO)c(C(=O)O)cn1. The first kappa shape index (κ1) is 12.4. The van der Waals surface area contributed by atoms with Crippen molar-refractivity contribution < 1.29 is 15.0 Å². The highest BCUT2D eigenvalue weighted by atomic mass is 16.4. The van der Waals surface area contributed by atoms with E-state index in [9.17, 15) is 4.79 Å². The molecule has 0 saturated carbocycles. The summed E-state index contributed by atoms with van der Waals surface area (Å²) in [6, 6.07) is 1.56. The highest BCUT2D eigenvalue weighted by molar-refractivity contribution is 5.94. The van der Waals surface area contributed by atoms with Crippen LogP contribution in [0.3, 0.4) is 0 Å². The number of carboxylic acids is 1. The maximum Gasteiger partial charge on any atom is 0.339 e. The van der Waals surface area contributed by atoms with Crippen LogP contribution in [0, 0.1) is 6.92 Å². The van der Waals surface area contributed by atoms with E-state index in [1.807, 2.05) is 6.92 Å². The molecule has 1 unspecified atom stereocenters. The molecule has 0 saturated heterocycles. The van der Waals surface area contributed by atoms with Gasteiger partial charge in [0.15, 0.2) is 0 Å². The molecule has 0 bridgehead atoms. The molecule has 0 radical (unpaired) electrons. The molecule has 5 heteroatoms. The molecular formula is C11H16N2O3. The van der Waals surface area contributed by atoms with Gasteiger partial charge in [-0.25, -0.2) is 4.79 Å². The molecule has 1 rings (SSSR count). The highest BCUT2D eigenvalue weighted by Crippen LogP contribution is 2.21. The summed E-state index contributed by atoms with van der Waals surface area (Å²) in [5.41, 5.74) is 1.46. The molecule has 1 atom stereocenters. The van der Waals surface area contributed by atoms with Crippen LogP contribution < -0.4 is 4.90 Å². The third kappa shape index (κ3) is 2.49. The number of aryl methyl sites for hydroxylation is 1. The summed E-state index contributed by atoms with van der Waals surface area (Å²) in [6.45, 7) is 3.59. The highest BCUT2D eigenvalue weighted by Gasteiger charge is 2.17. The Kier molecular flexibility index (Phi) is 3.84. The molecule has 0 fully saturated rings. The second-order valence-electron chi connectivity index (χ2n) is 3.79. The van der Waals surface area contributed by atoms with Crippen LogP contribution in [0.4, 0.5) is 5.69 Å². The number of nitrogens with zero attached hydrogens (tertiary/aromatic N) is 2. The molecule has 16 heavy (non-hydrogen) atoms. The number of hydrogen-bond acceptors (Lipinski definition) is 4. The minimum absolute atomic E-state index is 0.0308. The number of rotatable bonds is 4. The van der Waals surface area contributed by atoms with Gasteiger partial charge in [-0.3, -0.25) is 4.98 Å². The van der Waals surface area contributed by atoms with Gasteiger partial charge in [0.1, 0.15) is 5.56 Å². The number of carboxylic acid groups (broad SMARTS) is 1. The molecule has 0 aliphatic carbocycles. The van der Waals surface area contributed by atoms with E-state index in [0.29, 0.717) is 5.69 Å². The summed E-state index contributed by atoms with van der Waals surface area (Å²) < 4.78 is 0.